The summed E-state index contributed by atoms with van der Waals surface area (Å²) in [4.78, 5) is 10.6. The SMILES string of the molecule is Nc1ccc(CC(=O)[O-])cc1-c1ccccc1.O.[Na+]. The van der Waals surface area contributed by atoms with Crippen LogP contribution in [0.25, 0.3) is 11.1 Å². The molecule has 0 aromatic heterocycles. The van der Waals surface area contributed by atoms with E-state index >= 15 is 0 Å². The van der Waals surface area contributed by atoms with Crippen LogP contribution in [0.3, 0.4) is 0 Å². The maximum Gasteiger partial charge on any atom is 1.00 e. The van der Waals surface area contributed by atoms with Gasteiger partial charge in [-0.3, -0.25) is 0 Å². The summed E-state index contributed by atoms with van der Waals surface area (Å²) in [5.74, 6) is -1.09. The van der Waals surface area contributed by atoms with Crippen molar-refractivity contribution < 1.29 is 44.9 Å². The van der Waals surface area contributed by atoms with Crippen LogP contribution in [-0.2, 0) is 11.2 Å². The maximum absolute atomic E-state index is 10.6. The topological polar surface area (TPSA) is 97.7 Å². The molecule has 2 aromatic carbocycles. The zero-order valence-electron chi connectivity index (χ0n) is 10.7. The van der Waals surface area contributed by atoms with Gasteiger partial charge in [-0.15, -0.1) is 0 Å². The summed E-state index contributed by atoms with van der Waals surface area (Å²) in [5, 5.41) is 10.6. The number of nitrogens with two attached hydrogens (primary N) is 1. The maximum atomic E-state index is 10.6. The van der Waals surface area contributed by atoms with E-state index in [1.165, 1.54) is 0 Å². The average molecular weight is 267 g/mol. The monoisotopic (exact) mass is 267 g/mol. The van der Waals surface area contributed by atoms with Crippen LogP contribution in [0.5, 0.6) is 0 Å². The van der Waals surface area contributed by atoms with Crippen molar-refractivity contribution in [3.05, 3.63) is 54.1 Å². The quantitative estimate of drug-likeness (QED) is 0.488. The molecule has 0 saturated heterocycles. The van der Waals surface area contributed by atoms with Crippen LogP contribution in [0.15, 0.2) is 48.5 Å². The minimum atomic E-state index is -1.09. The van der Waals surface area contributed by atoms with Gasteiger partial charge in [-0.1, -0.05) is 36.4 Å². The first-order valence-electron chi connectivity index (χ1n) is 5.30. The second-order valence-corrected chi connectivity index (χ2v) is 3.84. The van der Waals surface area contributed by atoms with Crippen molar-refractivity contribution in [2.24, 2.45) is 0 Å². The van der Waals surface area contributed by atoms with Crippen LogP contribution in [0, 0.1) is 0 Å². The minimum Gasteiger partial charge on any atom is -0.550 e. The van der Waals surface area contributed by atoms with Gasteiger partial charge in [0, 0.05) is 23.6 Å². The first kappa shape index (κ1) is 17.7. The van der Waals surface area contributed by atoms with E-state index in [-0.39, 0.29) is 41.5 Å². The molecule has 94 valence electrons. The molecule has 0 saturated carbocycles. The van der Waals surface area contributed by atoms with E-state index in [0.29, 0.717) is 11.3 Å². The van der Waals surface area contributed by atoms with Gasteiger partial charge in [-0.25, -0.2) is 0 Å². The number of carbonyl (C=O) groups excluding carboxylic acids is 1. The van der Waals surface area contributed by atoms with E-state index in [1.807, 2.05) is 30.3 Å². The Kier molecular flexibility index (Phi) is 7.41. The fourth-order valence-electron chi connectivity index (χ4n) is 1.75. The van der Waals surface area contributed by atoms with Crippen LogP contribution in [0.2, 0.25) is 0 Å². The number of carboxylic acid groups (broad SMARTS) is 1. The van der Waals surface area contributed by atoms with Crippen molar-refractivity contribution in [1.82, 2.24) is 0 Å². The molecule has 0 radical (unpaired) electrons. The molecule has 2 aromatic rings. The fourth-order valence-corrected chi connectivity index (χ4v) is 1.75. The van der Waals surface area contributed by atoms with Gasteiger partial charge in [-0.05, 0) is 23.3 Å². The molecule has 0 heterocycles. The van der Waals surface area contributed by atoms with Crippen LogP contribution >= 0.6 is 0 Å². The van der Waals surface area contributed by atoms with Crippen LogP contribution in [-0.4, -0.2) is 11.4 Å². The molecule has 4 nitrogen and oxygen atoms in total. The molecule has 19 heavy (non-hydrogen) atoms. The summed E-state index contributed by atoms with van der Waals surface area (Å²) >= 11 is 0. The van der Waals surface area contributed by atoms with Crippen molar-refractivity contribution >= 4 is 11.7 Å². The van der Waals surface area contributed by atoms with Gasteiger partial charge in [0.2, 0.25) is 0 Å². The molecule has 0 aliphatic heterocycles. The largest absolute Gasteiger partial charge is 1.00 e. The predicted molar refractivity (Wildman–Crippen MR) is 68.6 cm³/mol. The third-order valence-corrected chi connectivity index (χ3v) is 2.55. The Hall–Kier alpha value is -1.33. The van der Waals surface area contributed by atoms with Gasteiger partial charge in [0.05, 0.1) is 0 Å². The number of nitrogen functional groups attached to an aromatic ring is 1. The van der Waals surface area contributed by atoms with Gasteiger partial charge in [0.25, 0.3) is 0 Å². The second kappa shape index (κ2) is 7.96. The number of hydrogen-bond acceptors (Lipinski definition) is 3. The van der Waals surface area contributed by atoms with Crippen molar-refractivity contribution in [2.75, 3.05) is 5.73 Å². The van der Waals surface area contributed by atoms with Gasteiger partial charge in [0.15, 0.2) is 0 Å². The first-order valence-corrected chi connectivity index (χ1v) is 5.30. The summed E-state index contributed by atoms with van der Waals surface area (Å²) in [6.45, 7) is 0. The Bertz CT molecular complexity index is 544. The molecule has 2 rings (SSSR count). The van der Waals surface area contributed by atoms with Crippen molar-refractivity contribution in [2.45, 2.75) is 6.42 Å². The molecule has 0 spiro atoms. The molecule has 0 unspecified atom stereocenters. The average Bonchev–Trinajstić information content (AvgIpc) is 2.32. The van der Waals surface area contributed by atoms with Gasteiger partial charge in [0.1, 0.15) is 0 Å². The molecule has 5 heteroatoms. The zero-order chi connectivity index (χ0) is 12.3. The molecule has 4 N–H and O–H groups in total. The number of carboxylic acids is 1. The Morgan fingerprint density at radius 2 is 1.74 bits per heavy atom. The number of aliphatic carboxylic acids is 1. The number of rotatable bonds is 3. The van der Waals surface area contributed by atoms with E-state index in [4.69, 9.17) is 5.73 Å². The number of carbonyl (C=O) groups is 1. The zero-order valence-corrected chi connectivity index (χ0v) is 12.7. The third kappa shape index (κ3) is 4.69. The normalized spacial score (nSPS) is 9.05. The molecule has 0 amide bonds. The standard InChI is InChI=1S/C14H13NO2.Na.H2O/c15-13-7-6-10(9-14(16)17)8-12(13)11-4-2-1-3-5-11;;/h1-8H,9,15H2,(H,16,17);;1H2/q;+1;/p-1. The summed E-state index contributed by atoms with van der Waals surface area (Å²) in [5.41, 5.74) is 9.05. The number of hydrogen-bond donors (Lipinski definition) is 1. The number of benzene rings is 2. The smallest absolute Gasteiger partial charge is 0.550 e. The van der Waals surface area contributed by atoms with E-state index in [9.17, 15) is 9.90 Å². The van der Waals surface area contributed by atoms with Gasteiger partial charge >= 0.3 is 29.6 Å². The van der Waals surface area contributed by atoms with Crippen molar-refractivity contribution in [3.63, 3.8) is 0 Å². The van der Waals surface area contributed by atoms with Crippen molar-refractivity contribution in [3.8, 4) is 11.1 Å². The molecular weight excluding hydrogens is 253 g/mol. The van der Waals surface area contributed by atoms with Gasteiger partial charge < -0.3 is 21.1 Å². The Morgan fingerprint density at radius 1 is 1.11 bits per heavy atom. The summed E-state index contributed by atoms with van der Waals surface area (Å²) in [6, 6.07) is 14.9. The molecule has 0 atom stereocenters. The molecule has 0 aliphatic rings. The molecule has 0 aliphatic carbocycles. The predicted octanol–water partition coefficient (Wildman–Crippen LogP) is -2.59. The Balaban J connectivity index is 0.00000162. The Labute approximate surface area is 133 Å². The van der Waals surface area contributed by atoms with E-state index in [1.54, 1.807) is 18.2 Å². The van der Waals surface area contributed by atoms with E-state index in [0.717, 1.165) is 11.1 Å². The fraction of sp³-hybridized carbons (Fsp3) is 0.0714. The van der Waals surface area contributed by atoms with E-state index < -0.39 is 5.97 Å². The number of anilines is 1. The molecular formula is C14H14NNaO3. The molecule has 0 fully saturated rings. The van der Waals surface area contributed by atoms with Crippen LogP contribution < -0.4 is 40.4 Å². The first-order chi connectivity index (χ1) is 8.16. The summed E-state index contributed by atoms with van der Waals surface area (Å²) in [7, 11) is 0. The van der Waals surface area contributed by atoms with Crippen LogP contribution in [0.1, 0.15) is 5.56 Å². The van der Waals surface area contributed by atoms with Gasteiger partial charge in [-0.2, -0.15) is 0 Å². The van der Waals surface area contributed by atoms with Crippen molar-refractivity contribution in [1.29, 1.82) is 0 Å². The third-order valence-electron chi connectivity index (χ3n) is 2.55. The molecule has 0 bridgehead atoms. The van der Waals surface area contributed by atoms with Crippen LogP contribution in [0.4, 0.5) is 5.69 Å². The van der Waals surface area contributed by atoms with E-state index in [2.05, 4.69) is 0 Å². The Morgan fingerprint density at radius 3 is 2.32 bits per heavy atom. The second-order valence-electron chi connectivity index (χ2n) is 3.84. The summed E-state index contributed by atoms with van der Waals surface area (Å²) in [6.07, 6.45) is -0.0971. The summed E-state index contributed by atoms with van der Waals surface area (Å²) < 4.78 is 0. The minimum absolute atomic E-state index is 0.